The monoisotopic (exact) mass is 286 g/mol. The fourth-order valence-electron chi connectivity index (χ4n) is 2.49. The third-order valence-electron chi connectivity index (χ3n) is 3.58. The van der Waals surface area contributed by atoms with Crippen LogP contribution in [-0.4, -0.2) is 49.1 Å². The van der Waals surface area contributed by atoms with Crippen molar-refractivity contribution in [2.75, 3.05) is 39.3 Å². The molecule has 1 aliphatic rings. The van der Waals surface area contributed by atoms with E-state index < -0.39 is 0 Å². The van der Waals surface area contributed by atoms with Gasteiger partial charge in [0.2, 0.25) is 0 Å². The van der Waals surface area contributed by atoms with Crippen LogP contribution in [-0.2, 0) is 0 Å². The minimum atomic E-state index is 1.29. The minimum absolute atomic E-state index is 1.29. The molecule has 0 bridgehead atoms. The van der Waals surface area contributed by atoms with Gasteiger partial charge in [-0.3, -0.25) is 0 Å². The van der Waals surface area contributed by atoms with Crippen molar-refractivity contribution in [3.05, 3.63) is 0 Å². The fraction of sp³-hybridized carbons (Fsp3) is 1.00. The third-order valence-corrected chi connectivity index (χ3v) is 3.58. The van der Waals surface area contributed by atoms with Gasteiger partial charge in [0.1, 0.15) is 0 Å². The van der Waals surface area contributed by atoms with E-state index >= 15 is 0 Å². The van der Waals surface area contributed by atoms with Crippen LogP contribution in [0.25, 0.3) is 0 Å². The Labute approximate surface area is 129 Å². The first-order valence-corrected chi connectivity index (χ1v) is 9.31. The topological polar surface area (TPSA) is 6.48 Å². The largest absolute Gasteiger partial charge is 0.301 e. The zero-order chi connectivity index (χ0) is 15.6. The van der Waals surface area contributed by atoms with Gasteiger partial charge < -0.3 is 9.80 Å². The molecule has 0 aromatic heterocycles. The van der Waals surface area contributed by atoms with Crippen LogP contribution in [0.1, 0.15) is 80.1 Å². The number of hydrogen-bond donors (Lipinski definition) is 0. The molecule has 124 valence electrons. The molecule has 0 saturated carbocycles. The van der Waals surface area contributed by atoms with Crippen molar-refractivity contribution in [3.8, 4) is 0 Å². The maximum absolute atomic E-state index is 2.65. The van der Waals surface area contributed by atoms with Gasteiger partial charge in [-0.05, 0) is 25.9 Å². The van der Waals surface area contributed by atoms with Crippen LogP contribution >= 0.6 is 0 Å². The summed E-state index contributed by atoms with van der Waals surface area (Å²) in [5.41, 5.74) is 0. The Morgan fingerprint density at radius 3 is 1.45 bits per heavy atom. The van der Waals surface area contributed by atoms with Crippen LogP contribution in [0.4, 0.5) is 0 Å². The van der Waals surface area contributed by atoms with Gasteiger partial charge in [-0.2, -0.15) is 0 Å². The second-order valence-corrected chi connectivity index (χ2v) is 5.10. The summed E-state index contributed by atoms with van der Waals surface area (Å²) in [6.45, 7) is 20.4. The van der Waals surface area contributed by atoms with E-state index in [0.717, 1.165) is 0 Å². The molecule has 1 fully saturated rings. The van der Waals surface area contributed by atoms with Crippen molar-refractivity contribution in [1.29, 1.82) is 0 Å². The van der Waals surface area contributed by atoms with Gasteiger partial charge in [-0.15, -0.1) is 0 Å². The van der Waals surface area contributed by atoms with Gasteiger partial charge in [0.25, 0.3) is 0 Å². The average Bonchev–Trinajstić information content (AvgIpc) is 2.53. The Morgan fingerprint density at radius 2 is 1.00 bits per heavy atom. The van der Waals surface area contributed by atoms with Crippen molar-refractivity contribution < 1.29 is 0 Å². The summed E-state index contributed by atoms with van der Waals surface area (Å²) in [6, 6.07) is 0. The summed E-state index contributed by atoms with van der Waals surface area (Å²) in [5.74, 6) is 0. The SMILES string of the molecule is CC.CC.CCCCCCCN1CCN(CCC)CC1. The molecular weight excluding hydrogens is 244 g/mol. The van der Waals surface area contributed by atoms with E-state index in [1.807, 2.05) is 27.7 Å². The second-order valence-electron chi connectivity index (χ2n) is 5.10. The van der Waals surface area contributed by atoms with Gasteiger partial charge in [-0.1, -0.05) is 67.2 Å². The zero-order valence-corrected chi connectivity index (χ0v) is 15.4. The molecule has 20 heavy (non-hydrogen) atoms. The number of unbranched alkanes of at least 4 members (excludes halogenated alkanes) is 4. The Morgan fingerprint density at radius 1 is 0.550 bits per heavy atom. The average molecular weight is 287 g/mol. The van der Waals surface area contributed by atoms with Crippen LogP contribution in [0.3, 0.4) is 0 Å². The molecule has 2 heteroatoms. The quantitative estimate of drug-likeness (QED) is 0.577. The van der Waals surface area contributed by atoms with E-state index in [2.05, 4.69) is 23.6 Å². The maximum Gasteiger partial charge on any atom is 0.0110 e. The highest BCUT2D eigenvalue weighted by molar-refractivity contribution is 4.71. The lowest BCUT2D eigenvalue weighted by Gasteiger charge is -2.34. The molecule has 0 aromatic rings. The summed E-state index contributed by atoms with van der Waals surface area (Å²) in [6.07, 6.45) is 8.36. The van der Waals surface area contributed by atoms with Gasteiger partial charge >= 0.3 is 0 Å². The van der Waals surface area contributed by atoms with Crippen molar-refractivity contribution in [2.24, 2.45) is 0 Å². The van der Waals surface area contributed by atoms with Crippen molar-refractivity contribution in [2.45, 2.75) is 80.1 Å². The highest BCUT2D eigenvalue weighted by Crippen LogP contribution is 2.07. The van der Waals surface area contributed by atoms with E-state index in [9.17, 15) is 0 Å². The Kier molecular flexibility index (Phi) is 21.0. The normalized spacial score (nSPS) is 15.9. The summed E-state index contributed by atoms with van der Waals surface area (Å²) in [5, 5.41) is 0. The van der Waals surface area contributed by atoms with E-state index in [1.165, 1.54) is 77.8 Å². The number of nitrogens with zero attached hydrogens (tertiary/aromatic N) is 2. The third kappa shape index (κ3) is 12.9. The molecular formula is C18H42N2. The summed E-state index contributed by atoms with van der Waals surface area (Å²) in [7, 11) is 0. The number of rotatable bonds is 8. The lowest BCUT2D eigenvalue weighted by Crippen LogP contribution is -2.46. The molecule has 0 spiro atoms. The Balaban J connectivity index is 0. The maximum atomic E-state index is 2.65. The molecule has 0 N–H and O–H groups in total. The lowest BCUT2D eigenvalue weighted by molar-refractivity contribution is 0.131. The Hall–Kier alpha value is -0.0800. The molecule has 0 unspecified atom stereocenters. The van der Waals surface area contributed by atoms with Crippen LogP contribution in [0.2, 0.25) is 0 Å². The van der Waals surface area contributed by atoms with Gasteiger partial charge in [0, 0.05) is 26.2 Å². The molecule has 1 saturated heterocycles. The van der Waals surface area contributed by atoms with Crippen LogP contribution in [0, 0.1) is 0 Å². The van der Waals surface area contributed by atoms with E-state index in [1.54, 1.807) is 0 Å². The fourth-order valence-corrected chi connectivity index (χ4v) is 2.49. The molecule has 1 rings (SSSR count). The number of hydrogen-bond acceptors (Lipinski definition) is 2. The molecule has 1 aliphatic heterocycles. The summed E-state index contributed by atoms with van der Waals surface area (Å²) >= 11 is 0. The molecule has 2 nitrogen and oxygen atoms in total. The molecule has 1 heterocycles. The minimum Gasteiger partial charge on any atom is -0.301 e. The smallest absolute Gasteiger partial charge is 0.0110 e. The number of piperazine rings is 1. The first-order chi connectivity index (χ1) is 9.86. The highest BCUT2D eigenvalue weighted by Gasteiger charge is 2.14. The Bertz CT molecular complexity index is 151. The molecule has 0 aromatic carbocycles. The highest BCUT2D eigenvalue weighted by atomic mass is 15.3. The van der Waals surface area contributed by atoms with Gasteiger partial charge in [0.05, 0.1) is 0 Å². The van der Waals surface area contributed by atoms with Gasteiger partial charge in [0.15, 0.2) is 0 Å². The van der Waals surface area contributed by atoms with E-state index in [-0.39, 0.29) is 0 Å². The lowest BCUT2D eigenvalue weighted by atomic mass is 10.1. The van der Waals surface area contributed by atoms with E-state index in [0.29, 0.717) is 0 Å². The van der Waals surface area contributed by atoms with E-state index in [4.69, 9.17) is 0 Å². The molecule has 0 atom stereocenters. The van der Waals surface area contributed by atoms with Crippen LogP contribution in [0.15, 0.2) is 0 Å². The van der Waals surface area contributed by atoms with Crippen molar-refractivity contribution in [1.82, 2.24) is 9.80 Å². The van der Waals surface area contributed by atoms with Crippen molar-refractivity contribution in [3.63, 3.8) is 0 Å². The molecule has 0 amide bonds. The summed E-state index contributed by atoms with van der Waals surface area (Å²) < 4.78 is 0. The van der Waals surface area contributed by atoms with Crippen molar-refractivity contribution >= 4 is 0 Å². The van der Waals surface area contributed by atoms with Crippen LogP contribution < -0.4 is 0 Å². The second kappa shape index (κ2) is 18.9. The predicted molar refractivity (Wildman–Crippen MR) is 94.6 cm³/mol. The van der Waals surface area contributed by atoms with Crippen LogP contribution in [0.5, 0.6) is 0 Å². The first kappa shape index (κ1) is 22.2. The zero-order valence-electron chi connectivity index (χ0n) is 15.4. The molecule has 0 aliphatic carbocycles. The summed E-state index contributed by atoms with van der Waals surface area (Å²) in [4.78, 5) is 5.26. The van der Waals surface area contributed by atoms with Gasteiger partial charge in [-0.25, -0.2) is 0 Å². The predicted octanol–water partition coefficient (Wildman–Crippen LogP) is 5.04. The first-order valence-electron chi connectivity index (χ1n) is 9.31. The standard InChI is InChI=1S/C14H30N2.2C2H6/c1-3-5-6-7-8-10-16-13-11-15(9-4-2)12-14-16;2*1-2/h3-14H2,1-2H3;2*1-2H3. The molecule has 0 radical (unpaired) electrons.